The monoisotopic (exact) mass is 293 g/mol. The van der Waals surface area contributed by atoms with Crippen LogP contribution in [0.1, 0.15) is 34.1 Å². The molecule has 0 heterocycles. The maximum atomic E-state index is 12.5. The predicted molar refractivity (Wildman–Crippen MR) is 81.3 cm³/mol. The first-order valence-corrected chi connectivity index (χ1v) is 7.05. The summed E-state index contributed by atoms with van der Waals surface area (Å²) in [5, 5.41) is 18.9. The second kappa shape index (κ2) is 6.61. The Morgan fingerprint density at radius 2 is 1.95 bits per heavy atom. The quantitative estimate of drug-likeness (QED) is 0.845. The SMILES string of the molecule is CCN(C(=O)CC(C)(C(=O)O)C(C)C)c1cccc(O)c1. The van der Waals surface area contributed by atoms with Gasteiger partial charge in [-0.05, 0) is 31.9 Å². The zero-order valence-corrected chi connectivity index (χ0v) is 13.0. The second-order valence-electron chi connectivity index (χ2n) is 5.71. The minimum absolute atomic E-state index is 0.0728. The highest BCUT2D eigenvalue weighted by molar-refractivity contribution is 5.96. The summed E-state index contributed by atoms with van der Waals surface area (Å²) >= 11 is 0. The number of carbonyl (C=O) groups excluding carboxylic acids is 1. The highest BCUT2D eigenvalue weighted by Gasteiger charge is 2.39. The molecule has 0 saturated heterocycles. The Hall–Kier alpha value is -2.04. The van der Waals surface area contributed by atoms with Crippen LogP contribution in [0.3, 0.4) is 0 Å². The summed E-state index contributed by atoms with van der Waals surface area (Å²) in [6, 6.07) is 6.39. The van der Waals surface area contributed by atoms with Crippen LogP contribution in [0.5, 0.6) is 5.75 Å². The number of benzene rings is 1. The molecular weight excluding hydrogens is 270 g/mol. The Morgan fingerprint density at radius 3 is 2.38 bits per heavy atom. The van der Waals surface area contributed by atoms with Gasteiger partial charge in [-0.2, -0.15) is 0 Å². The van der Waals surface area contributed by atoms with Crippen LogP contribution in [0.15, 0.2) is 24.3 Å². The molecule has 5 nitrogen and oxygen atoms in total. The van der Waals surface area contributed by atoms with Gasteiger partial charge >= 0.3 is 5.97 Å². The number of carboxylic acid groups (broad SMARTS) is 1. The molecule has 5 heteroatoms. The Bertz CT molecular complexity index is 527. The molecule has 21 heavy (non-hydrogen) atoms. The van der Waals surface area contributed by atoms with E-state index in [9.17, 15) is 19.8 Å². The van der Waals surface area contributed by atoms with Crippen molar-refractivity contribution >= 4 is 17.6 Å². The van der Waals surface area contributed by atoms with Crippen molar-refractivity contribution in [2.45, 2.75) is 34.1 Å². The third-order valence-corrected chi connectivity index (χ3v) is 4.04. The normalized spacial score (nSPS) is 13.8. The number of phenols is 1. The molecular formula is C16H23NO4. The molecule has 1 unspecified atom stereocenters. The van der Waals surface area contributed by atoms with E-state index in [1.165, 1.54) is 17.0 Å². The number of amides is 1. The van der Waals surface area contributed by atoms with Crippen LogP contribution in [0.25, 0.3) is 0 Å². The van der Waals surface area contributed by atoms with E-state index in [-0.39, 0.29) is 24.0 Å². The van der Waals surface area contributed by atoms with E-state index in [2.05, 4.69) is 0 Å². The fourth-order valence-corrected chi connectivity index (χ4v) is 2.10. The van der Waals surface area contributed by atoms with Crippen LogP contribution < -0.4 is 4.90 Å². The molecule has 0 fully saturated rings. The predicted octanol–water partition coefficient (Wildman–Crippen LogP) is 2.88. The van der Waals surface area contributed by atoms with Crippen LogP contribution in [-0.4, -0.2) is 28.6 Å². The molecule has 0 saturated carbocycles. The van der Waals surface area contributed by atoms with Gasteiger partial charge < -0.3 is 15.1 Å². The average molecular weight is 293 g/mol. The van der Waals surface area contributed by atoms with Crippen molar-refractivity contribution < 1.29 is 19.8 Å². The summed E-state index contributed by atoms with van der Waals surface area (Å²) in [7, 11) is 0. The number of phenolic OH excluding ortho intramolecular Hbond substituents is 1. The summed E-state index contributed by atoms with van der Waals surface area (Å²) < 4.78 is 0. The summed E-state index contributed by atoms with van der Waals surface area (Å²) in [5.41, 5.74) is -0.541. The number of hydrogen-bond acceptors (Lipinski definition) is 3. The molecule has 2 N–H and O–H groups in total. The molecule has 116 valence electrons. The summed E-state index contributed by atoms with van der Waals surface area (Å²) in [5.74, 6) is -1.33. The van der Waals surface area contributed by atoms with Gasteiger partial charge in [0, 0.05) is 24.7 Å². The number of rotatable bonds is 6. The first kappa shape index (κ1) is 17.0. The van der Waals surface area contributed by atoms with Crippen molar-refractivity contribution in [1.29, 1.82) is 0 Å². The van der Waals surface area contributed by atoms with E-state index in [4.69, 9.17) is 0 Å². The van der Waals surface area contributed by atoms with Crippen LogP contribution in [-0.2, 0) is 9.59 Å². The van der Waals surface area contributed by atoms with Gasteiger partial charge in [0.25, 0.3) is 0 Å². The van der Waals surface area contributed by atoms with Gasteiger partial charge in [-0.3, -0.25) is 9.59 Å². The molecule has 1 aromatic carbocycles. The van der Waals surface area contributed by atoms with Crippen molar-refractivity contribution in [3.05, 3.63) is 24.3 Å². The first-order chi connectivity index (χ1) is 9.72. The molecule has 1 amide bonds. The van der Waals surface area contributed by atoms with Crippen molar-refractivity contribution in [2.75, 3.05) is 11.4 Å². The highest BCUT2D eigenvalue weighted by Crippen LogP contribution is 2.33. The van der Waals surface area contributed by atoms with Gasteiger partial charge in [-0.15, -0.1) is 0 Å². The highest BCUT2D eigenvalue weighted by atomic mass is 16.4. The number of aromatic hydroxyl groups is 1. The lowest BCUT2D eigenvalue weighted by Crippen LogP contribution is -2.41. The van der Waals surface area contributed by atoms with Gasteiger partial charge in [-0.1, -0.05) is 19.9 Å². The molecule has 0 aliphatic rings. The first-order valence-electron chi connectivity index (χ1n) is 7.05. The lowest BCUT2D eigenvalue weighted by molar-refractivity contribution is -0.153. The third-order valence-electron chi connectivity index (χ3n) is 4.04. The van der Waals surface area contributed by atoms with Crippen LogP contribution in [0.2, 0.25) is 0 Å². The standard InChI is InChI=1S/C16H23NO4/c1-5-17(12-7-6-8-13(18)9-12)14(19)10-16(4,11(2)3)15(20)21/h6-9,11,18H,5,10H2,1-4H3,(H,20,21). The van der Waals surface area contributed by atoms with Crippen molar-refractivity contribution in [3.63, 3.8) is 0 Å². The van der Waals surface area contributed by atoms with Crippen LogP contribution in [0.4, 0.5) is 5.69 Å². The molecule has 0 aromatic heterocycles. The molecule has 0 aliphatic carbocycles. The van der Waals surface area contributed by atoms with E-state index >= 15 is 0 Å². The second-order valence-corrected chi connectivity index (χ2v) is 5.71. The number of aliphatic carboxylic acids is 1. The smallest absolute Gasteiger partial charge is 0.310 e. The van der Waals surface area contributed by atoms with Gasteiger partial charge in [0.1, 0.15) is 5.75 Å². The topological polar surface area (TPSA) is 77.8 Å². The maximum Gasteiger partial charge on any atom is 0.310 e. The lowest BCUT2D eigenvalue weighted by atomic mass is 9.76. The van der Waals surface area contributed by atoms with Gasteiger partial charge in [-0.25, -0.2) is 0 Å². The van der Waals surface area contributed by atoms with E-state index in [0.717, 1.165) is 0 Å². The summed E-state index contributed by atoms with van der Waals surface area (Å²) in [4.78, 5) is 25.5. The van der Waals surface area contributed by atoms with Gasteiger partial charge in [0.05, 0.1) is 5.41 Å². The van der Waals surface area contributed by atoms with E-state index in [1.54, 1.807) is 32.9 Å². The molecule has 1 rings (SSSR count). The van der Waals surface area contributed by atoms with E-state index in [0.29, 0.717) is 12.2 Å². The fourth-order valence-electron chi connectivity index (χ4n) is 2.10. The third kappa shape index (κ3) is 3.74. The van der Waals surface area contributed by atoms with Crippen molar-refractivity contribution in [2.24, 2.45) is 11.3 Å². The molecule has 0 radical (unpaired) electrons. The van der Waals surface area contributed by atoms with Gasteiger partial charge in [0.2, 0.25) is 5.91 Å². The van der Waals surface area contributed by atoms with Crippen molar-refractivity contribution in [3.8, 4) is 5.75 Å². The molecule has 0 bridgehead atoms. The largest absolute Gasteiger partial charge is 0.508 e. The summed E-state index contributed by atoms with van der Waals surface area (Å²) in [6.07, 6.45) is -0.0799. The van der Waals surface area contributed by atoms with Crippen LogP contribution >= 0.6 is 0 Å². The van der Waals surface area contributed by atoms with Crippen LogP contribution in [0, 0.1) is 11.3 Å². The summed E-state index contributed by atoms with van der Waals surface area (Å²) in [6.45, 7) is 7.41. The molecule has 1 atom stereocenters. The van der Waals surface area contributed by atoms with E-state index in [1.807, 2.05) is 6.92 Å². The average Bonchev–Trinajstić information content (AvgIpc) is 2.38. The Labute approximate surface area is 125 Å². The fraction of sp³-hybridized carbons (Fsp3) is 0.500. The number of carbonyl (C=O) groups is 2. The zero-order chi connectivity index (χ0) is 16.2. The molecule has 1 aromatic rings. The van der Waals surface area contributed by atoms with Gasteiger partial charge in [0.15, 0.2) is 0 Å². The number of hydrogen-bond donors (Lipinski definition) is 2. The minimum atomic E-state index is -1.11. The maximum absolute atomic E-state index is 12.5. The number of carboxylic acids is 1. The van der Waals surface area contributed by atoms with Crippen molar-refractivity contribution in [1.82, 2.24) is 0 Å². The zero-order valence-electron chi connectivity index (χ0n) is 13.0. The number of anilines is 1. The molecule has 0 spiro atoms. The minimum Gasteiger partial charge on any atom is -0.508 e. The number of nitrogens with zero attached hydrogens (tertiary/aromatic N) is 1. The Kier molecular flexibility index (Phi) is 5.35. The lowest BCUT2D eigenvalue weighted by Gasteiger charge is -2.31. The van der Waals surface area contributed by atoms with E-state index < -0.39 is 11.4 Å². The molecule has 0 aliphatic heterocycles. The Morgan fingerprint density at radius 1 is 1.33 bits per heavy atom. The Balaban J connectivity index is 3.02.